The van der Waals surface area contributed by atoms with E-state index < -0.39 is 0 Å². The quantitative estimate of drug-likeness (QED) is 0.906. The fraction of sp³-hybridized carbons (Fsp3) is 0.667. The lowest BCUT2D eigenvalue weighted by Gasteiger charge is -2.33. The Hall–Kier alpha value is -0.860. The molecular weight excluding hydrogens is 244 g/mol. The molecular formula is C18H28N2. The van der Waals surface area contributed by atoms with Crippen molar-refractivity contribution in [3.63, 3.8) is 0 Å². The lowest BCUT2D eigenvalue weighted by Crippen LogP contribution is -2.40. The molecule has 2 unspecified atom stereocenters. The average Bonchev–Trinajstić information content (AvgIpc) is 3.03. The van der Waals surface area contributed by atoms with Crippen molar-refractivity contribution in [3.8, 4) is 0 Å². The molecule has 2 saturated heterocycles. The van der Waals surface area contributed by atoms with Crippen molar-refractivity contribution in [1.29, 1.82) is 0 Å². The Morgan fingerprint density at radius 1 is 1.30 bits per heavy atom. The lowest BCUT2D eigenvalue weighted by molar-refractivity contribution is 0.164. The van der Waals surface area contributed by atoms with E-state index in [2.05, 4.69) is 48.3 Å². The maximum absolute atomic E-state index is 3.53. The lowest BCUT2D eigenvalue weighted by atomic mass is 9.88. The van der Waals surface area contributed by atoms with Gasteiger partial charge in [-0.2, -0.15) is 0 Å². The van der Waals surface area contributed by atoms with E-state index >= 15 is 0 Å². The van der Waals surface area contributed by atoms with Gasteiger partial charge < -0.3 is 5.32 Å². The van der Waals surface area contributed by atoms with Crippen molar-refractivity contribution in [1.82, 2.24) is 10.2 Å². The first-order valence-electron chi connectivity index (χ1n) is 8.15. The van der Waals surface area contributed by atoms with Gasteiger partial charge in [-0.25, -0.2) is 0 Å². The summed E-state index contributed by atoms with van der Waals surface area (Å²) in [7, 11) is 0. The van der Waals surface area contributed by atoms with Crippen LogP contribution in [0.3, 0.4) is 0 Å². The first-order chi connectivity index (χ1) is 9.65. The van der Waals surface area contributed by atoms with Crippen LogP contribution in [0, 0.1) is 12.3 Å². The van der Waals surface area contributed by atoms with Gasteiger partial charge in [-0.1, -0.05) is 36.8 Å². The van der Waals surface area contributed by atoms with Gasteiger partial charge in [0.25, 0.3) is 0 Å². The topological polar surface area (TPSA) is 15.3 Å². The summed E-state index contributed by atoms with van der Waals surface area (Å²) in [6, 6.07) is 9.87. The van der Waals surface area contributed by atoms with Crippen molar-refractivity contribution >= 4 is 0 Å². The molecule has 2 heterocycles. The molecule has 2 fully saturated rings. The summed E-state index contributed by atoms with van der Waals surface area (Å²) < 4.78 is 0. The van der Waals surface area contributed by atoms with Gasteiger partial charge in [0.05, 0.1) is 0 Å². The fourth-order valence-corrected chi connectivity index (χ4v) is 3.82. The number of benzene rings is 1. The Balaban J connectivity index is 1.62. The minimum atomic E-state index is 0.496. The number of rotatable bonds is 4. The van der Waals surface area contributed by atoms with E-state index in [4.69, 9.17) is 0 Å². The molecule has 3 rings (SSSR count). The summed E-state index contributed by atoms with van der Waals surface area (Å²) in [4.78, 5) is 2.76. The molecule has 0 amide bonds. The minimum Gasteiger partial charge on any atom is -0.316 e. The molecule has 2 atom stereocenters. The number of hydrogen-bond acceptors (Lipinski definition) is 2. The maximum Gasteiger partial charge on any atom is 0.0136 e. The van der Waals surface area contributed by atoms with Crippen LogP contribution in [0.1, 0.15) is 37.3 Å². The SMILES string of the molecule is Cc1ccc(CC2CCCN2CC2(C)CCNC2)cc1. The van der Waals surface area contributed by atoms with Crippen LogP contribution in [0.4, 0.5) is 0 Å². The molecule has 1 aromatic carbocycles. The van der Waals surface area contributed by atoms with Crippen LogP contribution in [0.5, 0.6) is 0 Å². The number of likely N-dealkylation sites (tertiary alicyclic amines) is 1. The van der Waals surface area contributed by atoms with Crippen LogP contribution in [0.2, 0.25) is 0 Å². The zero-order chi connectivity index (χ0) is 14.0. The highest BCUT2D eigenvalue weighted by Crippen LogP contribution is 2.30. The van der Waals surface area contributed by atoms with E-state index in [1.54, 1.807) is 0 Å². The zero-order valence-electron chi connectivity index (χ0n) is 13.0. The molecule has 0 aromatic heterocycles. The Morgan fingerprint density at radius 3 is 2.80 bits per heavy atom. The van der Waals surface area contributed by atoms with E-state index in [0.717, 1.165) is 6.04 Å². The molecule has 0 aliphatic carbocycles. The van der Waals surface area contributed by atoms with Crippen LogP contribution >= 0.6 is 0 Å². The molecule has 0 spiro atoms. The largest absolute Gasteiger partial charge is 0.316 e. The zero-order valence-corrected chi connectivity index (χ0v) is 13.0. The molecule has 2 aliphatic rings. The van der Waals surface area contributed by atoms with Crippen LogP contribution < -0.4 is 5.32 Å². The Bertz CT molecular complexity index is 431. The third-order valence-electron chi connectivity index (χ3n) is 5.13. The molecule has 2 heteroatoms. The van der Waals surface area contributed by atoms with Gasteiger partial charge in [0.2, 0.25) is 0 Å². The minimum absolute atomic E-state index is 0.496. The standard InChI is InChI=1S/C18H28N2/c1-15-5-7-16(8-6-15)12-17-4-3-11-20(17)14-18(2)9-10-19-13-18/h5-8,17,19H,3-4,9-14H2,1-2H3. The monoisotopic (exact) mass is 272 g/mol. The van der Waals surface area contributed by atoms with Gasteiger partial charge >= 0.3 is 0 Å². The predicted octanol–water partition coefficient (Wildman–Crippen LogP) is 3.00. The molecule has 1 N–H and O–H groups in total. The number of nitrogens with zero attached hydrogens (tertiary/aromatic N) is 1. The summed E-state index contributed by atoms with van der Waals surface area (Å²) >= 11 is 0. The summed E-state index contributed by atoms with van der Waals surface area (Å²) in [5.74, 6) is 0. The molecule has 110 valence electrons. The van der Waals surface area contributed by atoms with Gasteiger partial charge in [0, 0.05) is 19.1 Å². The predicted molar refractivity (Wildman–Crippen MR) is 85.1 cm³/mol. The van der Waals surface area contributed by atoms with Gasteiger partial charge in [-0.3, -0.25) is 4.90 Å². The molecule has 20 heavy (non-hydrogen) atoms. The average molecular weight is 272 g/mol. The summed E-state index contributed by atoms with van der Waals surface area (Å²) in [6.45, 7) is 9.59. The molecule has 2 nitrogen and oxygen atoms in total. The van der Waals surface area contributed by atoms with Gasteiger partial charge in [-0.15, -0.1) is 0 Å². The van der Waals surface area contributed by atoms with E-state index in [9.17, 15) is 0 Å². The molecule has 0 saturated carbocycles. The summed E-state index contributed by atoms with van der Waals surface area (Å²) in [6.07, 6.45) is 5.31. The van der Waals surface area contributed by atoms with Gasteiger partial charge in [-0.05, 0) is 56.7 Å². The Labute approximate surface area is 123 Å². The van der Waals surface area contributed by atoms with Crippen molar-refractivity contribution < 1.29 is 0 Å². The first-order valence-corrected chi connectivity index (χ1v) is 8.15. The van der Waals surface area contributed by atoms with E-state index in [0.29, 0.717) is 5.41 Å². The van der Waals surface area contributed by atoms with Crippen molar-refractivity contribution in [2.75, 3.05) is 26.2 Å². The highest BCUT2D eigenvalue weighted by Gasteiger charge is 2.34. The smallest absolute Gasteiger partial charge is 0.0136 e. The Morgan fingerprint density at radius 2 is 2.10 bits per heavy atom. The number of nitrogens with one attached hydrogen (secondary N) is 1. The van der Waals surface area contributed by atoms with E-state index in [1.807, 2.05) is 0 Å². The van der Waals surface area contributed by atoms with Crippen molar-refractivity contribution in [2.45, 2.75) is 45.6 Å². The van der Waals surface area contributed by atoms with Crippen molar-refractivity contribution in [2.24, 2.45) is 5.41 Å². The normalized spacial score (nSPS) is 31.0. The van der Waals surface area contributed by atoms with Crippen LogP contribution in [0.15, 0.2) is 24.3 Å². The van der Waals surface area contributed by atoms with Crippen LogP contribution in [-0.2, 0) is 6.42 Å². The first kappa shape index (κ1) is 14.1. The van der Waals surface area contributed by atoms with E-state index in [1.165, 1.54) is 63.0 Å². The summed E-state index contributed by atoms with van der Waals surface area (Å²) in [5, 5.41) is 3.53. The van der Waals surface area contributed by atoms with Gasteiger partial charge in [0.15, 0.2) is 0 Å². The maximum atomic E-state index is 3.53. The van der Waals surface area contributed by atoms with Gasteiger partial charge in [0.1, 0.15) is 0 Å². The number of hydrogen-bond donors (Lipinski definition) is 1. The highest BCUT2D eigenvalue weighted by atomic mass is 15.2. The third kappa shape index (κ3) is 3.24. The molecule has 2 aliphatic heterocycles. The van der Waals surface area contributed by atoms with E-state index in [-0.39, 0.29) is 0 Å². The van der Waals surface area contributed by atoms with Crippen LogP contribution in [0.25, 0.3) is 0 Å². The molecule has 1 aromatic rings. The summed E-state index contributed by atoms with van der Waals surface area (Å²) in [5.41, 5.74) is 3.36. The highest BCUT2D eigenvalue weighted by molar-refractivity contribution is 5.22. The molecule has 0 radical (unpaired) electrons. The second kappa shape index (κ2) is 5.87. The molecule has 0 bridgehead atoms. The fourth-order valence-electron chi connectivity index (χ4n) is 3.82. The second-order valence-corrected chi connectivity index (χ2v) is 7.19. The third-order valence-corrected chi connectivity index (χ3v) is 5.13. The second-order valence-electron chi connectivity index (χ2n) is 7.19. The van der Waals surface area contributed by atoms with Crippen LogP contribution in [-0.4, -0.2) is 37.1 Å². The Kier molecular flexibility index (Phi) is 4.13. The number of aryl methyl sites for hydroxylation is 1. The van der Waals surface area contributed by atoms with Crippen molar-refractivity contribution in [3.05, 3.63) is 35.4 Å².